The summed E-state index contributed by atoms with van der Waals surface area (Å²) in [4.78, 5) is 6.49. The minimum atomic E-state index is 0.534. The van der Waals surface area contributed by atoms with Crippen molar-refractivity contribution < 1.29 is 9.47 Å². The number of rotatable bonds is 3. The molecule has 0 saturated carbocycles. The van der Waals surface area contributed by atoms with Crippen molar-refractivity contribution in [2.24, 2.45) is 10.7 Å². The fourth-order valence-electron chi connectivity index (χ4n) is 2.04. The monoisotopic (exact) mass is 263 g/mol. The van der Waals surface area contributed by atoms with Crippen molar-refractivity contribution in [1.82, 2.24) is 4.90 Å². The van der Waals surface area contributed by atoms with E-state index in [-0.39, 0.29) is 0 Å². The van der Waals surface area contributed by atoms with E-state index in [1.165, 1.54) is 5.56 Å². The van der Waals surface area contributed by atoms with E-state index < -0.39 is 0 Å². The molecular weight excluding hydrogens is 242 g/mol. The number of hydrogen-bond donors (Lipinski definition) is 1. The Morgan fingerprint density at radius 2 is 2.16 bits per heavy atom. The lowest BCUT2D eigenvalue weighted by molar-refractivity contribution is 0.0674. The second-order valence-corrected chi connectivity index (χ2v) is 4.59. The number of benzene rings is 1. The normalized spacial score (nSPS) is 16.5. The molecule has 2 N–H and O–H groups in total. The van der Waals surface area contributed by atoms with Crippen LogP contribution in [0.15, 0.2) is 23.2 Å². The van der Waals surface area contributed by atoms with Gasteiger partial charge in [0.2, 0.25) is 0 Å². The van der Waals surface area contributed by atoms with Gasteiger partial charge in [-0.05, 0) is 18.6 Å². The molecule has 1 aromatic rings. The van der Waals surface area contributed by atoms with Crippen molar-refractivity contribution in [2.45, 2.75) is 13.5 Å². The van der Waals surface area contributed by atoms with Crippen molar-refractivity contribution in [3.05, 3.63) is 29.3 Å². The van der Waals surface area contributed by atoms with E-state index in [0.29, 0.717) is 25.7 Å². The highest BCUT2D eigenvalue weighted by molar-refractivity contribution is 5.78. The molecule has 1 fully saturated rings. The summed E-state index contributed by atoms with van der Waals surface area (Å²) >= 11 is 0. The third-order valence-corrected chi connectivity index (χ3v) is 3.19. The summed E-state index contributed by atoms with van der Waals surface area (Å²) in [6.45, 7) is 5.61. The highest BCUT2D eigenvalue weighted by Crippen LogP contribution is 2.20. The molecule has 1 heterocycles. The third-order valence-electron chi connectivity index (χ3n) is 3.19. The Kier molecular flexibility index (Phi) is 4.63. The fourth-order valence-corrected chi connectivity index (χ4v) is 2.04. The molecule has 0 unspecified atom stereocenters. The van der Waals surface area contributed by atoms with Gasteiger partial charge in [0.1, 0.15) is 5.75 Å². The molecule has 0 atom stereocenters. The topological polar surface area (TPSA) is 60.1 Å². The first-order valence-corrected chi connectivity index (χ1v) is 6.47. The summed E-state index contributed by atoms with van der Waals surface area (Å²) in [6.07, 6.45) is 0. The summed E-state index contributed by atoms with van der Waals surface area (Å²) in [6, 6.07) is 6.10. The van der Waals surface area contributed by atoms with E-state index in [4.69, 9.17) is 15.2 Å². The summed E-state index contributed by atoms with van der Waals surface area (Å²) in [5.74, 6) is 1.43. The average molecular weight is 263 g/mol. The zero-order chi connectivity index (χ0) is 13.7. The summed E-state index contributed by atoms with van der Waals surface area (Å²) in [5.41, 5.74) is 8.21. The first kappa shape index (κ1) is 13.7. The van der Waals surface area contributed by atoms with Crippen molar-refractivity contribution in [1.29, 1.82) is 0 Å². The molecule has 1 aliphatic rings. The molecule has 0 bridgehead atoms. The van der Waals surface area contributed by atoms with Crippen LogP contribution in [0.25, 0.3) is 0 Å². The number of morpholine rings is 1. The zero-order valence-electron chi connectivity index (χ0n) is 11.6. The van der Waals surface area contributed by atoms with Crippen LogP contribution in [0.3, 0.4) is 0 Å². The maximum Gasteiger partial charge on any atom is 0.191 e. The Labute approximate surface area is 114 Å². The number of hydrogen-bond acceptors (Lipinski definition) is 3. The van der Waals surface area contributed by atoms with Gasteiger partial charge in [0, 0.05) is 18.7 Å². The van der Waals surface area contributed by atoms with Crippen LogP contribution in [0, 0.1) is 6.92 Å². The van der Waals surface area contributed by atoms with Crippen LogP contribution in [0.5, 0.6) is 5.75 Å². The van der Waals surface area contributed by atoms with Gasteiger partial charge < -0.3 is 20.1 Å². The van der Waals surface area contributed by atoms with E-state index in [1.54, 1.807) is 7.11 Å². The second-order valence-electron chi connectivity index (χ2n) is 4.59. The average Bonchev–Trinajstić information content (AvgIpc) is 2.46. The lowest BCUT2D eigenvalue weighted by Gasteiger charge is -2.27. The molecule has 0 amide bonds. The Bertz CT molecular complexity index is 454. The first-order chi connectivity index (χ1) is 9.20. The van der Waals surface area contributed by atoms with E-state index in [2.05, 4.69) is 11.1 Å². The maximum absolute atomic E-state index is 6.00. The molecule has 1 aromatic carbocycles. The molecule has 19 heavy (non-hydrogen) atoms. The van der Waals surface area contributed by atoms with Gasteiger partial charge in [-0.15, -0.1) is 0 Å². The highest BCUT2D eigenvalue weighted by atomic mass is 16.5. The molecule has 0 aliphatic carbocycles. The molecular formula is C14H21N3O2. The molecule has 0 aromatic heterocycles. The molecule has 0 spiro atoms. The Morgan fingerprint density at radius 1 is 1.42 bits per heavy atom. The van der Waals surface area contributed by atoms with E-state index >= 15 is 0 Å². The molecule has 5 heteroatoms. The number of nitrogens with two attached hydrogens (primary N) is 1. The molecule has 5 nitrogen and oxygen atoms in total. The van der Waals surface area contributed by atoms with Crippen LogP contribution < -0.4 is 10.5 Å². The molecule has 2 rings (SSSR count). The van der Waals surface area contributed by atoms with Crippen LogP contribution in [-0.4, -0.2) is 44.3 Å². The smallest absolute Gasteiger partial charge is 0.191 e. The molecule has 104 valence electrons. The van der Waals surface area contributed by atoms with Crippen LogP contribution in [0.1, 0.15) is 11.1 Å². The predicted molar refractivity (Wildman–Crippen MR) is 75.4 cm³/mol. The minimum absolute atomic E-state index is 0.534. The Balaban J connectivity index is 2.04. The second kappa shape index (κ2) is 6.43. The van der Waals surface area contributed by atoms with Crippen molar-refractivity contribution in [3.8, 4) is 5.75 Å². The summed E-state index contributed by atoms with van der Waals surface area (Å²) < 4.78 is 10.7. The van der Waals surface area contributed by atoms with Gasteiger partial charge >= 0.3 is 0 Å². The summed E-state index contributed by atoms with van der Waals surface area (Å²) in [5, 5.41) is 0. The van der Waals surface area contributed by atoms with E-state index in [0.717, 1.165) is 24.4 Å². The van der Waals surface area contributed by atoms with E-state index in [9.17, 15) is 0 Å². The lowest BCUT2D eigenvalue weighted by atomic mass is 10.1. The number of nitrogens with zero attached hydrogens (tertiary/aromatic N) is 2. The predicted octanol–water partition coefficient (Wildman–Crippen LogP) is 1.15. The van der Waals surface area contributed by atoms with Crippen molar-refractivity contribution >= 4 is 5.96 Å². The third kappa shape index (κ3) is 3.61. The van der Waals surface area contributed by atoms with Gasteiger partial charge in [0.15, 0.2) is 5.96 Å². The van der Waals surface area contributed by atoms with Crippen molar-refractivity contribution in [2.75, 3.05) is 33.4 Å². The number of guanidine groups is 1. The number of methoxy groups -OCH3 is 1. The van der Waals surface area contributed by atoms with Gasteiger partial charge in [-0.1, -0.05) is 12.1 Å². The minimum Gasteiger partial charge on any atom is -0.496 e. The number of aliphatic imine (C=N–C) groups is 1. The number of aryl methyl sites for hydroxylation is 1. The van der Waals surface area contributed by atoms with Gasteiger partial charge in [0.05, 0.1) is 26.9 Å². The first-order valence-electron chi connectivity index (χ1n) is 6.47. The summed E-state index contributed by atoms with van der Waals surface area (Å²) in [7, 11) is 1.67. The van der Waals surface area contributed by atoms with Crippen LogP contribution >= 0.6 is 0 Å². The standard InChI is InChI=1S/C14H21N3O2/c1-11-3-4-12(13(9-11)18-2)10-16-14(15)17-5-7-19-8-6-17/h3-4,9H,5-8,10H2,1-2H3,(H2,15,16). The zero-order valence-corrected chi connectivity index (χ0v) is 11.6. The maximum atomic E-state index is 6.00. The van der Waals surface area contributed by atoms with E-state index in [1.807, 2.05) is 24.0 Å². The van der Waals surface area contributed by atoms with Gasteiger partial charge in [-0.3, -0.25) is 0 Å². The largest absolute Gasteiger partial charge is 0.496 e. The molecule has 0 radical (unpaired) electrons. The highest BCUT2D eigenvalue weighted by Gasteiger charge is 2.12. The molecule has 1 aliphatic heterocycles. The SMILES string of the molecule is COc1cc(C)ccc1CN=C(N)N1CCOCC1. The van der Waals surface area contributed by atoms with Gasteiger partial charge in [-0.25, -0.2) is 4.99 Å². The van der Waals surface area contributed by atoms with Crippen LogP contribution in [0.4, 0.5) is 0 Å². The van der Waals surface area contributed by atoms with Crippen LogP contribution in [-0.2, 0) is 11.3 Å². The van der Waals surface area contributed by atoms with Crippen molar-refractivity contribution in [3.63, 3.8) is 0 Å². The van der Waals surface area contributed by atoms with Crippen LogP contribution in [0.2, 0.25) is 0 Å². The Morgan fingerprint density at radius 3 is 2.84 bits per heavy atom. The fraction of sp³-hybridized carbons (Fsp3) is 0.500. The van der Waals surface area contributed by atoms with Gasteiger partial charge in [-0.2, -0.15) is 0 Å². The van der Waals surface area contributed by atoms with Gasteiger partial charge in [0.25, 0.3) is 0 Å². The quantitative estimate of drug-likeness (QED) is 0.656. The number of ether oxygens (including phenoxy) is 2. The molecule has 1 saturated heterocycles. The lowest BCUT2D eigenvalue weighted by Crippen LogP contribution is -2.44. The Hall–Kier alpha value is -1.75.